The van der Waals surface area contributed by atoms with Gasteiger partial charge in [0.15, 0.2) is 0 Å². The Morgan fingerprint density at radius 1 is 1.44 bits per heavy atom. The number of hydrogen-bond donors (Lipinski definition) is 0. The molecule has 3 nitrogen and oxygen atoms in total. The lowest BCUT2D eigenvalue weighted by molar-refractivity contribution is 0.0527. The molecule has 84 valence electrons. The molecular weight excluding hydrogens is 340 g/mol. The lowest BCUT2D eigenvalue weighted by Crippen LogP contribution is -2.03. The molecule has 0 amide bonds. The molecule has 0 N–H and O–H groups in total. The first-order chi connectivity index (χ1) is 7.63. The van der Waals surface area contributed by atoms with Crippen molar-refractivity contribution in [1.29, 1.82) is 0 Å². The van der Waals surface area contributed by atoms with E-state index in [1.165, 1.54) is 6.26 Å². The molecule has 0 aliphatic heterocycles. The van der Waals surface area contributed by atoms with Gasteiger partial charge in [-0.1, -0.05) is 15.9 Å². The largest absolute Gasteiger partial charge is 0.462 e. The van der Waals surface area contributed by atoms with Gasteiger partial charge in [-0.3, -0.25) is 0 Å². The Bertz CT molecular complexity index is 545. The van der Waals surface area contributed by atoms with Crippen LogP contribution in [0, 0.1) is 0 Å². The summed E-state index contributed by atoms with van der Waals surface area (Å²) >= 11 is 6.74. The molecule has 0 aliphatic carbocycles. The maximum absolute atomic E-state index is 11.6. The Balaban J connectivity index is 2.60. The van der Waals surface area contributed by atoms with E-state index < -0.39 is 0 Å². The molecule has 2 aromatic rings. The number of furan rings is 1. The summed E-state index contributed by atoms with van der Waals surface area (Å²) in [6, 6.07) is 3.69. The zero-order chi connectivity index (χ0) is 11.7. The van der Waals surface area contributed by atoms with Gasteiger partial charge in [-0.2, -0.15) is 0 Å². The SMILES string of the molecule is CCOC(=O)c1coc2c(Br)cc(Br)cc12. The molecule has 0 saturated heterocycles. The van der Waals surface area contributed by atoms with Crippen molar-refractivity contribution >= 4 is 48.8 Å². The van der Waals surface area contributed by atoms with Gasteiger partial charge in [-0.25, -0.2) is 4.79 Å². The maximum Gasteiger partial charge on any atom is 0.342 e. The van der Waals surface area contributed by atoms with Crippen LogP contribution < -0.4 is 0 Å². The molecule has 1 heterocycles. The second-order valence-corrected chi connectivity index (χ2v) is 4.90. The third kappa shape index (κ3) is 2.01. The van der Waals surface area contributed by atoms with Crippen LogP contribution in [-0.2, 0) is 4.74 Å². The highest BCUT2D eigenvalue weighted by Gasteiger charge is 2.16. The summed E-state index contributed by atoms with van der Waals surface area (Å²) in [7, 11) is 0. The average molecular weight is 348 g/mol. The van der Waals surface area contributed by atoms with E-state index in [1.807, 2.05) is 12.1 Å². The number of esters is 1. The van der Waals surface area contributed by atoms with Gasteiger partial charge in [-0.05, 0) is 35.0 Å². The van der Waals surface area contributed by atoms with E-state index in [4.69, 9.17) is 9.15 Å². The van der Waals surface area contributed by atoms with Crippen molar-refractivity contribution in [2.75, 3.05) is 6.61 Å². The van der Waals surface area contributed by atoms with Crippen LogP contribution in [-0.4, -0.2) is 12.6 Å². The molecule has 0 fully saturated rings. The van der Waals surface area contributed by atoms with Crippen LogP contribution in [0.15, 0.2) is 31.8 Å². The van der Waals surface area contributed by atoms with E-state index in [1.54, 1.807) is 6.92 Å². The standard InChI is InChI=1S/C11H8Br2O3/c1-2-15-11(14)8-5-16-10-7(8)3-6(12)4-9(10)13/h3-5H,2H2,1H3. The summed E-state index contributed by atoms with van der Waals surface area (Å²) in [4.78, 5) is 11.6. The minimum absolute atomic E-state index is 0.348. The number of benzene rings is 1. The Hall–Kier alpha value is -0.810. The molecule has 0 radical (unpaired) electrons. The lowest BCUT2D eigenvalue weighted by Gasteiger charge is -1.99. The van der Waals surface area contributed by atoms with Crippen molar-refractivity contribution in [3.8, 4) is 0 Å². The fourth-order valence-electron chi connectivity index (χ4n) is 1.43. The third-order valence-electron chi connectivity index (χ3n) is 2.09. The van der Waals surface area contributed by atoms with Gasteiger partial charge in [0.05, 0.1) is 11.1 Å². The molecule has 1 aromatic heterocycles. The average Bonchev–Trinajstić information content (AvgIpc) is 2.61. The summed E-state index contributed by atoms with van der Waals surface area (Å²) in [5.74, 6) is -0.369. The Labute approximate surface area is 109 Å². The number of ether oxygens (including phenoxy) is 1. The van der Waals surface area contributed by atoms with Crippen molar-refractivity contribution in [2.24, 2.45) is 0 Å². The number of hydrogen-bond acceptors (Lipinski definition) is 3. The smallest absolute Gasteiger partial charge is 0.342 e. The van der Waals surface area contributed by atoms with Crippen molar-refractivity contribution in [2.45, 2.75) is 6.92 Å². The molecule has 1 aromatic carbocycles. The van der Waals surface area contributed by atoms with E-state index in [9.17, 15) is 4.79 Å². The number of halogens is 2. The molecule has 2 rings (SSSR count). The fraction of sp³-hybridized carbons (Fsp3) is 0.182. The van der Waals surface area contributed by atoms with Crippen molar-refractivity contribution < 1.29 is 13.9 Å². The topological polar surface area (TPSA) is 39.4 Å². The van der Waals surface area contributed by atoms with Gasteiger partial charge in [-0.15, -0.1) is 0 Å². The van der Waals surface area contributed by atoms with Gasteiger partial charge >= 0.3 is 5.97 Å². The molecule has 16 heavy (non-hydrogen) atoms. The first-order valence-electron chi connectivity index (χ1n) is 4.67. The Morgan fingerprint density at radius 2 is 2.19 bits per heavy atom. The van der Waals surface area contributed by atoms with Gasteiger partial charge in [0.1, 0.15) is 17.4 Å². The number of rotatable bonds is 2. The van der Waals surface area contributed by atoms with Gasteiger partial charge in [0.2, 0.25) is 0 Å². The zero-order valence-electron chi connectivity index (χ0n) is 8.42. The monoisotopic (exact) mass is 346 g/mol. The van der Waals surface area contributed by atoms with E-state index in [-0.39, 0.29) is 5.97 Å². The van der Waals surface area contributed by atoms with Crippen LogP contribution in [0.5, 0.6) is 0 Å². The van der Waals surface area contributed by atoms with Crippen molar-refractivity contribution in [1.82, 2.24) is 0 Å². The van der Waals surface area contributed by atoms with Crippen LogP contribution in [0.1, 0.15) is 17.3 Å². The van der Waals surface area contributed by atoms with E-state index in [2.05, 4.69) is 31.9 Å². The van der Waals surface area contributed by atoms with Gasteiger partial charge < -0.3 is 9.15 Å². The minimum atomic E-state index is -0.369. The van der Waals surface area contributed by atoms with E-state index in [0.29, 0.717) is 17.8 Å². The van der Waals surface area contributed by atoms with Crippen molar-refractivity contribution in [3.63, 3.8) is 0 Å². The predicted octanol–water partition coefficient (Wildman–Crippen LogP) is 4.13. The number of carbonyl (C=O) groups excluding carboxylic acids is 1. The minimum Gasteiger partial charge on any atom is -0.462 e. The second-order valence-electron chi connectivity index (χ2n) is 3.13. The second kappa shape index (κ2) is 4.59. The van der Waals surface area contributed by atoms with Crippen LogP contribution in [0.4, 0.5) is 0 Å². The van der Waals surface area contributed by atoms with E-state index >= 15 is 0 Å². The first-order valence-corrected chi connectivity index (χ1v) is 6.25. The van der Waals surface area contributed by atoms with Gasteiger partial charge in [0, 0.05) is 9.86 Å². The molecular formula is C11H8Br2O3. The first kappa shape index (κ1) is 11.7. The third-order valence-corrected chi connectivity index (χ3v) is 3.14. The van der Waals surface area contributed by atoms with Crippen LogP contribution in [0.25, 0.3) is 11.0 Å². The highest BCUT2D eigenvalue weighted by Crippen LogP contribution is 2.32. The predicted molar refractivity (Wildman–Crippen MR) is 67.6 cm³/mol. The summed E-state index contributed by atoms with van der Waals surface area (Å²) in [6.07, 6.45) is 1.42. The molecule has 0 spiro atoms. The van der Waals surface area contributed by atoms with Crippen LogP contribution in [0.3, 0.4) is 0 Å². The molecule has 0 bridgehead atoms. The van der Waals surface area contributed by atoms with Crippen LogP contribution >= 0.6 is 31.9 Å². The number of carbonyl (C=O) groups is 1. The summed E-state index contributed by atoms with van der Waals surface area (Å²) in [5, 5.41) is 0.736. The normalized spacial score (nSPS) is 10.7. The highest BCUT2D eigenvalue weighted by molar-refractivity contribution is 9.11. The summed E-state index contributed by atoms with van der Waals surface area (Å²) in [5.41, 5.74) is 1.09. The molecule has 0 atom stereocenters. The molecule has 0 saturated carbocycles. The molecule has 0 unspecified atom stereocenters. The maximum atomic E-state index is 11.6. The summed E-state index contributed by atoms with van der Waals surface area (Å²) in [6.45, 7) is 2.12. The molecule has 5 heteroatoms. The lowest BCUT2D eigenvalue weighted by atomic mass is 10.2. The van der Waals surface area contributed by atoms with Crippen LogP contribution in [0.2, 0.25) is 0 Å². The number of fused-ring (bicyclic) bond motifs is 1. The Morgan fingerprint density at radius 3 is 2.88 bits per heavy atom. The fourth-order valence-corrected chi connectivity index (χ4v) is 2.75. The summed E-state index contributed by atoms with van der Waals surface area (Å²) < 4.78 is 12.0. The van der Waals surface area contributed by atoms with Gasteiger partial charge in [0.25, 0.3) is 0 Å². The van der Waals surface area contributed by atoms with E-state index in [0.717, 1.165) is 14.3 Å². The van der Waals surface area contributed by atoms with Crippen molar-refractivity contribution in [3.05, 3.63) is 32.9 Å². The quantitative estimate of drug-likeness (QED) is 0.766. The highest BCUT2D eigenvalue weighted by atomic mass is 79.9. The Kier molecular flexibility index (Phi) is 3.35. The zero-order valence-corrected chi connectivity index (χ0v) is 11.6. The molecule has 0 aliphatic rings.